The van der Waals surface area contributed by atoms with E-state index in [2.05, 4.69) is 25.0 Å². The second-order valence-corrected chi connectivity index (χ2v) is 9.59. The van der Waals surface area contributed by atoms with Crippen LogP contribution in [0.25, 0.3) is 11.4 Å². The smallest absolute Gasteiger partial charge is 0.255 e. The summed E-state index contributed by atoms with van der Waals surface area (Å²) in [6, 6.07) is 3.63. The molecule has 1 aromatic carbocycles. The fraction of sp³-hybridized carbons (Fsp3) is 0.429. The molecule has 0 saturated carbocycles. The van der Waals surface area contributed by atoms with Crippen molar-refractivity contribution in [1.82, 2.24) is 20.1 Å². The fourth-order valence-electron chi connectivity index (χ4n) is 4.34. The maximum absolute atomic E-state index is 14.0. The quantitative estimate of drug-likeness (QED) is 0.458. The van der Waals surface area contributed by atoms with Gasteiger partial charge in [0.25, 0.3) is 5.89 Å². The van der Waals surface area contributed by atoms with E-state index in [1.54, 1.807) is 12.4 Å². The third-order valence-electron chi connectivity index (χ3n) is 5.91. The van der Waals surface area contributed by atoms with Gasteiger partial charge >= 0.3 is 0 Å². The van der Waals surface area contributed by atoms with Crippen molar-refractivity contribution in [3.63, 3.8) is 0 Å². The van der Waals surface area contributed by atoms with E-state index in [1.807, 2.05) is 6.92 Å². The number of fused-ring (bicyclic) bond motifs is 2. The lowest BCUT2D eigenvalue weighted by atomic mass is 9.84. The summed E-state index contributed by atoms with van der Waals surface area (Å²) < 4.78 is 53.5. The zero-order valence-corrected chi connectivity index (χ0v) is 19.5. The molecular weight excluding hydrogens is 489 g/mol. The number of benzene rings is 1. The number of rotatable bonds is 6. The maximum Gasteiger partial charge on any atom is 0.255 e. The monoisotopic (exact) mass is 508 g/mol. The molecule has 180 valence electrons. The van der Waals surface area contributed by atoms with E-state index in [0.29, 0.717) is 42.8 Å². The molecule has 2 aromatic heterocycles. The first-order chi connectivity index (χ1) is 16.4. The van der Waals surface area contributed by atoms with Crippen LogP contribution in [0.2, 0.25) is 5.02 Å². The van der Waals surface area contributed by atoms with Crippen LogP contribution < -0.4 is 4.90 Å². The van der Waals surface area contributed by atoms with E-state index in [4.69, 9.17) is 25.6 Å². The summed E-state index contributed by atoms with van der Waals surface area (Å²) in [4.78, 5) is 14.7. The molecule has 2 fully saturated rings. The largest absolute Gasteiger partial charge is 0.768 e. The Morgan fingerprint density at radius 2 is 1.97 bits per heavy atom. The zero-order chi connectivity index (χ0) is 23.8. The molecule has 0 N–H and O–H groups in total. The van der Waals surface area contributed by atoms with Crippen LogP contribution in [0, 0.1) is 17.7 Å². The van der Waals surface area contributed by atoms with Gasteiger partial charge in [0.15, 0.2) is 0 Å². The Morgan fingerprint density at radius 3 is 2.62 bits per heavy atom. The van der Waals surface area contributed by atoms with Crippen molar-refractivity contribution >= 4 is 28.6 Å². The Bertz CT molecular complexity index is 1180. The lowest BCUT2D eigenvalue weighted by molar-refractivity contribution is -0.146. The van der Waals surface area contributed by atoms with Crippen molar-refractivity contribution in [3.8, 4) is 11.4 Å². The Hall–Kier alpha value is -2.51. The predicted octanol–water partition coefficient (Wildman–Crippen LogP) is 2.79. The molecule has 2 saturated heterocycles. The number of nitrogens with zero attached hydrogens (tertiary/aromatic N) is 5. The van der Waals surface area contributed by atoms with Gasteiger partial charge in [-0.2, -0.15) is 4.98 Å². The van der Waals surface area contributed by atoms with E-state index < -0.39 is 27.9 Å². The van der Waals surface area contributed by atoms with E-state index in [1.165, 1.54) is 6.07 Å². The summed E-state index contributed by atoms with van der Waals surface area (Å²) in [5.74, 6) is 0.303. The van der Waals surface area contributed by atoms with E-state index in [0.717, 1.165) is 12.1 Å². The minimum Gasteiger partial charge on any atom is -0.768 e. The molecule has 4 atom stereocenters. The first kappa shape index (κ1) is 23.2. The number of piperidine rings is 1. The van der Waals surface area contributed by atoms with Crippen LogP contribution in [0.15, 0.2) is 40.0 Å². The highest BCUT2D eigenvalue weighted by atomic mass is 35.5. The zero-order valence-electron chi connectivity index (χ0n) is 18.0. The average Bonchev–Trinajstić information content (AvgIpc) is 3.30. The predicted molar refractivity (Wildman–Crippen MR) is 117 cm³/mol. The molecular formula is C21H20ClFN5O5S-. The summed E-state index contributed by atoms with van der Waals surface area (Å²) in [5, 5.41) is 4.38. The third-order valence-corrected chi connectivity index (χ3v) is 6.80. The molecule has 4 unspecified atom stereocenters. The van der Waals surface area contributed by atoms with Crippen LogP contribution in [0.3, 0.4) is 0 Å². The van der Waals surface area contributed by atoms with Crippen LogP contribution in [-0.2, 0) is 20.6 Å². The van der Waals surface area contributed by atoms with Gasteiger partial charge in [-0.3, -0.25) is 4.21 Å². The second-order valence-electron chi connectivity index (χ2n) is 8.24. The normalized spacial score (nSPS) is 24.1. The lowest BCUT2D eigenvalue weighted by Crippen LogP contribution is -2.57. The highest BCUT2D eigenvalue weighted by molar-refractivity contribution is 7.79. The summed E-state index contributed by atoms with van der Waals surface area (Å²) >= 11 is 3.24. The van der Waals surface area contributed by atoms with Gasteiger partial charge in [0.05, 0.1) is 41.6 Å². The van der Waals surface area contributed by atoms with Crippen molar-refractivity contribution in [2.45, 2.75) is 24.0 Å². The number of ether oxygens (including phenoxy) is 2. The molecule has 13 heteroatoms. The summed E-state index contributed by atoms with van der Waals surface area (Å²) in [6.45, 7) is 4.22. The van der Waals surface area contributed by atoms with Gasteiger partial charge in [-0.1, -0.05) is 16.8 Å². The minimum atomic E-state index is -2.67. The van der Waals surface area contributed by atoms with Crippen molar-refractivity contribution < 1.29 is 27.1 Å². The molecule has 2 aliphatic heterocycles. The number of anilines is 1. The standard InChI is InChI=1S/C21H21ClFN5O5S/c1-11(20-26-19(27-33-20)12-2-3-17(34(29)30)16(23)4-12)32-18-13-7-28(8-14(18)10-31-9-13)21-24-5-15(22)6-25-21/h2-6,11,13-14,18H,7-10H2,1H3,(H,29,30)/p-1. The van der Waals surface area contributed by atoms with Crippen molar-refractivity contribution in [3.05, 3.63) is 47.3 Å². The van der Waals surface area contributed by atoms with E-state index in [9.17, 15) is 13.2 Å². The van der Waals surface area contributed by atoms with Gasteiger partial charge in [0.2, 0.25) is 11.8 Å². The molecule has 2 aliphatic rings. The molecule has 0 spiro atoms. The molecule has 2 bridgehead atoms. The molecule has 34 heavy (non-hydrogen) atoms. The van der Waals surface area contributed by atoms with Gasteiger partial charge in [0, 0.05) is 30.5 Å². The first-order valence-corrected chi connectivity index (χ1v) is 12.0. The molecule has 3 aromatic rings. The van der Waals surface area contributed by atoms with Crippen molar-refractivity contribution in [2.24, 2.45) is 11.8 Å². The fourth-order valence-corrected chi connectivity index (χ4v) is 4.84. The maximum atomic E-state index is 14.0. The van der Waals surface area contributed by atoms with Crippen LogP contribution >= 0.6 is 11.6 Å². The van der Waals surface area contributed by atoms with Crippen molar-refractivity contribution in [2.75, 3.05) is 31.2 Å². The Labute approximate surface area is 201 Å². The average molecular weight is 509 g/mol. The topological polar surface area (TPSA) is 127 Å². The van der Waals surface area contributed by atoms with E-state index >= 15 is 0 Å². The Kier molecular flexibility index (Phi) is 6.58. The number of aromatic nitrogens is 4. The number of hydrogen-bond acceptors (Lipinski definition) is 10. The van der Waals surface area contributed by atoms with Crippen LogP contribution in [0.1, 0.15) is 18.9 Å². The lowest BCUT2D eigenvalue weighted by Gasteiger charge is -2.47. The Balaban J connectivity index is 1.28. The third kappa shape index (κ3) is 4.68. The van der Waals surface area contributed by atoms with Crippen LogP contribution in [0.4, 0.5) is 10.3 Å². The molecule has 0 radical (unpaired) electrons. The summed E-state index contributed by atoms with van der Waals surface area (Å²) in [5.41, 5.74) is 0.301. The first-order valence-electron chi connectivity index (χ1n) is 10.6. The Morgan fingerprint density at radius 1 is 1.26 bits per heavy atom. The van der Waals surface area contributed by atoms with E-state index in [-0.39, 0.29) is 29.7 Å². The van der Waals surface area contributed by atoms with Crippen molar-refractivity contribution in [1.29, 1.82) is 0 Å². The van der Waals surface area contributed by atoms with Gasteiger partial charge in [-0.05, 0) is 36.2 Å². The van der Waals surface area contributed by atoms with Gasteiger partial charge < -0.3 is 23.4 Å². The number of hydrogen-bond donors (Lipinski definition) is 0. The molecule has 0 amide bonds. The highest BCUT2D eigenvalue weighted by Crippen LogP contribution is 2.35. The van der Waals surface area contributed by atoms with Crippen LogP contribution in [-0.4, -0.2) is 61.3 Å². The molecule has 4 heterocycles. The minimum absolute atomic E-state index is 0.0891. The van der Waals surface area contributed by atoms with Gasteiger partial charge in [0.1, 0.15) is 11.9 Å². The molecule has 5 rings (SSSR count). The van der Waals surface area contributed by atoms with Crippen LogP contribution in [0.5, 0.6) is 0 Å². The molecule has 0 aliphatic carbocycles. The second kappa shape index (κ2) is 9.62. The highest BCUT2D eigenvalue weighted by Gasteiger charge is 2.43. The SMILES string of the molecule is CC(OC1C2COCC1CN(c1ncc(Cl)cn1)C2)c1nc(-c2ccc(S(=O)[O-])c(F)c2)no1. The van der Waals surface area contributed by atoms with Gasteiger partial charge in [-0.25, -0.2) is 14.4 Å². The summed E-state index contributed by atoms with van der Waals surface area (Å²) in [7, 11) is 0. The summed E-state index contributed by atoms with van der Waals surface area (Å²) in [6.07, 6.45) is 2.55. The molecule has 10 nitrogen and oxygen atoms in total. The van der Waals surface area contributed by atoms with Gasteiger partial charge in [-0.15, -0.1) is 0 Å². The number of halogens is 2.